The fourth-order valence-corrected chi connectivity index (χ4v) is 3.96. The van der Waals surface area contributed by atoms with Crippen LogP contribution < -0.4 is 10.2 Å². The Bertz CT molecular complexity index is 586. The zero-order chi connectivity index (χ0) is 16.9. The summed E-state index contributed by atoms with van der Waals surface area (Å²) in [6.45, 7) is 6.48. The van der Waals surface area contributed by atoms with E-state index in [0.717, 1.165) is 56.5 Å². The normalized spacial score (nSPS) is 21.6. The molecular formula is C16H24N4O3S. The van der Waals surface area contributed by atoms with Crippen molar-refractivity contribution >= 4 is 28.3 Å². The van der Waals surface area contributed by atoms with Crippen LogP contribution in [0.25, 0.3) is 0 Å². The molecule has 132 valence electrons. The van der Waals surface area contributed by atoms with Crippen molar-refractivity contribution in [2.45, 2.75) is 26.3 Å². The Balaban J connectivity index is 1.49. The Morgan fingerprint density at radius 3 is 2.92 bits per heavy atom. The highest BCUT2D eigenvalue weighted by atomic mass is 32.1. The predicted octanol–water partition coefficient (Wildman–Crippen LogP) is 0.854. The van der Waals surface area contributed by atoms with Gasteiger partial charge >= 0.3 is 0 Å². The van der Waals surface area contributed by atoms with Crippen LogP contribution in [-0.2, 0) is 20.9 Å². The molecular weight excluding hydrogens is 328 g/mol. The molecule has 1 N–H and O–H groups in total. The number of carbonyl (C=O) groups is 2. The van der Waals surface area contributed by atoms with Crippen LogP contribution in [0.2, 0.25) is 0 Å². The van der Waals surface area contributed by atoms with Gasteiger partial charge in [0.05, 0.1) is 31.4 Å². The largest absolute Gasteiger partial charge is 0.378 e. The first-order valence-corrected chi connectivity index (χ1v) is 9.32. The summed E-state index contributed by atoms with van der Waals surface area (Å²) >= 11 is 1.60. The van der Waals surface area contributed by atoms with Crippen LogP contribution in [0.1, 0.15) is 25.5 Å². The molecule has 1 aromatic heterocycles. The zero-order valence-electron chi connectivity index (χ0n) is 14.0. The molecule has 2 aliphatic heterocycles. The number of piperidine rings is 1. The van der Waals surface area contributed by atoms with Crippen molar-refractivity contribution in [2.75, 3.05) is 44.3 Å². The molecule has 7 nitrogen and oxygen atoms in total. The van der Waals surface area contributed by atoms with Crippen LogP contribution in [-0.4, -0.2) is 61.1 Å². The number of rotatable bonds is 4. The highest BCUT2D eigenvalue weighted by Gasteiger charge is 2.27. The van der Waals surface area contributed by atoms with Gasteiger partial charge in [-0.1, -0.05) is 0 Å². The number of nitrogens with one attached hydrogen (secondary N) is 1. The van der Waals surface area contributed by atoms with Crippen molar-refractivity contribution in [1.29, 1.82) is 0 Å². The Morgan fingerprint density at radius 1 is 1.38 bits per heavy atom. The quantitative estimate of drug-likeness (QED) is 0.870. The highest BCUT2D eigenvalue weighted by Crippen LogP contribution is 2.22. The van der Waals surface area contributed by atoms with Crippen molar-refractivity contribution in [2.24, 2.45) is 5.92 Å². The fourth-order valence-electron chi connectivity index (χ4n) is 3.08. The number of hydrogen-bond acceptors (Lipinski definition) is 6. The van der Waals surface area contributed by atoms with E-state index in [1.807, 2.05) is 5.38 Å². The number of anilines is 1. The number of aromatic nitrogens is 1. The number of thiazole rings is 1. The van der Waals surface area contributed by atoms with Gasteiger partial charge in [-0.15, -0.1) is 11.3 Å². The SMILES string of the molecule is CC(=O)N1CCCC(C(=O)NCc2csc(N3CCOCC3)n2)C1. The topological polar surface area (TPSA) is 74.8 Å². The smallest absolute Gasteiger partial charge is 0.225 e. The summed E-state index contributed by atoms with van der Waals surface area (Å²) in [5, 5.41) is 5.95. The van der Waals surface area contributed by atoms with E-state index >= 15 is 0 Å². The van der Waals surface area contributed by atoms with Crippen molar-refractivity contribution in [3.63, 3.8) is 0 Å². The van der Waals surface area contributed by atoms with Crippen LogP contribution in [0.4, 0.5) is 5.13 Å². The Hall–Kier alpha value is -1.67. The van der Waals surface area contributed by atoms with Gasteiger partial charge in [-0.2, -0.15) is 0 Å². The second kappa shape index (κ2) is 7.94. The highest BCUT2D eigenvalue weighted by molar-refractivity contribution is 7.13. The van der Waals surface area contributed by atoms with E-state index < -0.39 is 0 Å². The second-order valence-corrected chi connectivity index (χ2v) is 7.08. The number of likely N-dealkylation sites (tertiary alicyclic amines) is 1. The standard InChI is InChI=1S/C16H24N4O3S/c1-12(21)20-4-2-3-13(10-20)15(22)17-9-14-11-24-16(18-14)19-5-7-23-8-6-19/h11,13H,2-10H2,1H3,(H,17,22). The van der Waals surface area contributed by atoms with Gasteiger partial charge in [0.25, 0.3) is 0 Å². The van der Waals surface area contributed by atoms with Gasteiger partial charge in [0.1, 0.15) is 0 Å². The predicted molar refractivity (Wildman–Crippen MR) is 92.0 cm³/mol. The monoisotopic (exact) mass is 352 g/mol. The summed E-state index contributed by atoms with van der Waals surface area (Å²) in [5.74, 6) is -0.0518. The first-order chi connectivity index (χ1) is 11.6. The van der Waals surface area contributed by atoms with Crippen molar-refractivity contribution in [1.82, 2.24) is 15.2 Å². The van der Waals surface area contributed by atoms with Gasteiger partial charge in [-0.05, 0) is 12.8 Å². The molecule has 2 fully saturated rings. The lowest BCUT2D eigenvalue weighted by atomic mass is 9.97. The molecule has 2 aliphatic rings. The maximum atomic E-state index is 12.3. The first-order valence-electron chi connectivity index (χ1n) is 8.44. The number of hydrogen-bond donors (Lipinski definition) is 1. The van der Waals surface area contributed by atoms with Crippen LogP contribution in [0.3, 0.4) is 0 Å². The summed E-state index contributed by atoms with van der Waals surface area (Å²) in [6.07, 6.45) is 1.72. The van der Waals surface area contributed by atoms with Crippen molar-refractivity contribution in [3.8, 4) is 0 Å². The molecule has 8 heteroatoms. The van der Waals surface area contributed by atoms with E-state index in [1.54, 1.807) is 23.2 Å². The van der Waals surface area contributed by atoms with Gasteiger partial charge in [0.15, 0.2) is 5.13 Å². The average Bonchev–Trinajstić information content (AvgIpc) is 3.09. The minimum absolute atomic E-state index is 0.0156. The zero-order valence-corrected chi connectivity index (χ0v) is 14.8. The van der Waals surface area contributed by atoms with E-state index in [4.69, 9.17) is 4.74 Å². The molecule has 2 saturated heterocycles. The third-order valence-corrected chi connectivity index (χ3v) is 5.45. The minimum atomic E-state index is -0.111. The molecule has 3 rings (SSSR count). The Kier molecular flexibility index (Phi) is 5.68. The third-order valence-electron chi connectivity index (χ3n) is 4.50. The molecule has 1 aromatic rings. The van der Waals surface area contributed by atoms with Gasteiger partial charge in [0, 0.05) is 38.5 Å². The molecule has 0 radical (unpaired) electrons. The summed E-state index contributed by atoms with van der Waals surface area (Å²) in [4.78, 5) is 32.4. The molecule has 24 heavy (non-hydrogen) atoms. The lowest BCUT2D eigenvalue weighted by molar-refractivity contribution is -0.134. The lowest BCUT2D eigenvalue weighted by Crippen LogP contribution is -2.44. The molecule has 0 bridgehead atoms. The Labute approximate surface area is 146 Å². The van der Waals surface area contributed by atoms with Crippen molar-refractivity contribution in [3.05, 3.63) is 11.1 Å². The summed E-state index contributed by atoms with van der Waals surface area (Å²) < 4.78 is 5.35. The number of nitrogens with zero attached hydrogens (tertiary/aromatic N) is 3. The van der Waals surface area contributed by atoms with E-state index in [2.05, 4.69) is 15.2 Å². The average molecular weight is 352 g/mol. The number of amides is 2. The van der Waals surface area contributed by atoms with E-state index in [0.29, 0.717) is 13.1 Å². The van der Waals surface area contributed by atoms with Crippen LogP contribution in [0.15, 0.2) is 5.38 Å². The van der Waals surface area contributed by atoms with Crippen LogP contribution in [0.5, 0.6) is 0 Å². The van der Waals surface area contributed by atoms with Crippen LogP contribution in [0, 0.1) is 5.92 Å². The maximum Gasteiger partial charge on any atom is 0.225 e. The maximum absolute atomic E-state index is 12.3. The number of morpholine rings is 1. The van der Waals surface area contributed by atoms with E-state index in [-0.39, 0.29) is 17.7 Å². The van der Waals surface area contributed by atoms with Crippen molar-refractivity contribution < 1.29 is 14.3 Å². The number of ether oxygens (including phenoxy) is 1. The van der Waals surface area contributed by atoms with Gasteiger partial charge in [0.2, 0.25) is 11.8 Å². The molecule has 1 unspecified atom stereocenters. The molecule has 1 atom stereocenters. The molecule has 3 heterocycles. The first kappa shape index (κ1) is 17.2. The Morgan fingerprint density at radius 2 is 2.17 bits per heavy atom. The lowest BCUT2D eigenvalue weighted by Gasteiger charge is -2.31. The van der Waals surface area contributed by atoms with E-state index in [9.17, 15) is 9.59 Å². The van der Waals surface area contributed by atoms with Crippen LogP contribution >= 0.6 is 11.3 Å². The molecule has 2 amide bonds. The molecule has 0 saturated carbocycles. The molecule has 0 spiro atoms. The van der Waals surface area contributed by atoms with Gasteiger partial charge < -0.3 is 19.9 Å². The fraction of sp³-hybridized carbons (Fsp3) is 0.688. The van der Waals surface area contributed by atoms with E-state index in [1.165, 1.54) is 0 Å². The number of carbonyl (C=O) groups excluding carboxylic acids is 2. The minimum Gasteiger partial charge on any atom is -0.378 e. The second-order valence-electron chi connectivity index (χ2n) is 6.24. The summed E-state index contributed by atoms with van der Waals surface area (Å²) in [7, 11) is 0. The molecule has 0 aromatic carbocycles. The summed E-state index contributed by atoms with van der Waals surface area (Å²) in [6, 6.07) is 0. The third kappa shape index (κ3) is 4.24. The van der Waals surface area contributed by atoms with Gasteiger partial charge in [-0.3, -0.25) is 9.59 Å². The molecule has 0 aliphatic carbocycles. The summed E-state index contributed by atoms with van der Waals surface area (Å²) in [5.41, 5.74) is 0.883. The van der Waals surface area contributed by atoms with Gasteiger partial charge in [-0.25, -0.2) is 4.98 Å².